The molecule has 0 aliphatic carbocycles. The van der Waals surface area contributed by atoms with Crippen LogP contribution in [-0.4, -0.2) is 0 Å². The van der Waals surface area contributed by atoms with E-state index in [0.717, 1.165) is 5.75 Å². The zero-order chi connectivity index (χ0) is 26.7. The summed E-state index contributed by atoms with van der Waals surface area (Å²) in [5.74, 6) is 0.917. The van der Waals surface area contributed by atoms with Gasteiger partial charge in [-0.1, -0.05) is 117 Å². The molecule has 0 bridgehead atoms. The number of thioether (sulfide) groups is 1. The number of rotatable bonds is 0. The summed E-state index contributed by atoms with van der Waals surface area (Å²) >= 11 is 5.51. The largest absolute Gasteiger partial charge is 0.587 e. The molecule has 6 heteroatoms. The number of thiazole rings is 2. The molecule has 1 unspecified atom stereocenters. The van der Waals surface area contributed by atoms with E-state index in [2.05, 4.69) is 130 Å². The van der Waals surface area contributed by atoms with Crippen molar-refractivity contribution in [3.05, 3.63) is 121 Å². The highest BCUT2D eigenvalue weighted by Gasteiger charge is 2.67. The SMILES string of the molecule is c1ccc2c3c(ccc2c1)OC1(Sc2ccc4ccccc4c2-c2sc4ccccc4[n+]21)[n+]1c-3sc2ccccc21. The molecule has 3 nitrogen and oxygen atoms in total. The lowest BCUT2D eigenvalue weighted by Crippen LogP contribution is -2.76. The molecule has 192 valence electrons. The van der Waals surface area contributed by atoms with Crippen molar-refractivity contribution in [3.63, 3.8) is 0 Å². The van der Waals surface area contributed by atoms with Crippen LogP contribution in [0.5, 0.6) is 5.75 Å². The fraction of sp³-hybridized carbons (Fsp3) is 0.0286. The van der Waals surface area contributed by atoms with Crippen LogP contribution in [0.3, 0.4) is 0 Å². The second-order valence-electron chi connectivity index (χ2n) is 10.5. The number of nitrogens with zero attached hydrogens (tertiary/aromatic N) is 2. The number of benzene rings is 6. The molecular weight excluding hydrogens is 561 g/mol. The lowest BCUT2D eigenvalue weighted by molar-refractivity contribution is -0.968. The van der Waals surface area contributed by atoms with Crippen molar-refractivity contribution in [2.24, 2.45) is 0 Å². The number of para-hydroxylation sites is 2. The van der Waals surface area contributed by atoms with Gasteiger partial charge in [0.05, 0.1) is 17.3 Å². The van der Waals surface area contributed by atoms with Crippen LogP contribution in [0.4, 0.5) is 0 Å². The Balaban J connectivity index is 1.40. The minimum atomic E-state index is -0.880. The molecule has 2 aliphatic heterocycles. The maximum atomic E-state index is 7.43. The maximum absolute atomic E-state index is 7.43. The van der Waals surface area contributed by atoms with Crippen LogP contribution < -0.4 is 13.9 Å². The molecule has 6 aromatic carbocycles. The molecule has 4 heterocycles. The van der Waals surface area contributed by atoms with E-state index in [9.17, 15) is 0 Å². The van der Waals surface area contributed by atoms with Crippen LogP contribution >= 0.6 is 34.4 Å². The summed E-state index contributed by atoms with van der Waals surface area (Å²) in [6.45, 7) is 0. The van der Waals surface area contributed by atoms with Crippen LogP contribution in [0.1, 0.15) is 0 Å². The van der Waals surface area contributed by atoms with Gasteiger partial charge in [-0.05, 0) is 40.4 Å². The quantitative estimate of drug-likeness (QED) is 0.167. The predicted molar refractivity (Wildman–Crippen MR) is 170 cm³/mol. The number of hydrogen-bond acceptors (Lipinski definition) is 4. The molecule has 0 amide bonds. The van der Waals surface area contributed by atoms with Gasteiger partial charge in [0, 0.05) is 22.4 Å². The van der Waals surface area contributed by atoms with E-state index in [1.807, 2.05) is 22.7 Å². The molecule has 2 aliphatic rings. The molecule has 1 spiro atoms. The van der Waals surface area contributed by atoms with Crippen LogP contribution in [0.2, 0.25) is 0 Å². The molecule has 2 aromatic heterocycles. The number of ether oxygens (including phenoxy) is 1. The van der Waals surface area contributed by atoms with E-state index in [0.29, 0.717) is 0 Å². The summed E-state index contributed by atoms with van der Waals surface area (Å²) in [6.07, 6.45) is 0. The lowest BCUT2D eigenvalue weighted by Gasteiger charge is -2.30. The second-order valence-corrected chi connectivity index (χ2v) is 13.7. The van der Waals surface area contributed by atoms with E-state index in [1.165, 1.54) is 68.0 Å². The fourth-order valence-corrected chi connectivity index (χ4v) is 10.7. The van der Waals surface area contributed by atoms with Gasteiger partial charge in [-0.15, -0.1) is 0 Å². The van der Waals surface area contributed by atoms with Crippen LogP contribution in [0.25, 0.3) is 63.1 Å². The van der Waals surface area contributed by atoms with Gasteiger partial charge in [0.25, 0.3) is 10.0 Å². The predicted octanol–water partition coefficient (Wildman–Crippen LogP) is 8.95. The van der Waals surface area contributed by atoms with Crippen LogP contribution in [-0.2, 0) is 5.18 Å². The zero-order valence-corrected chi connectivity index (χ0v) is 24.0. The highest BCUT2D eigenvalue weighted by molar-refractivity contribution is 7.99. The first-order valence-corrected chi connectivity index (χ1v) is 16.1. The molecule has 1 atom stereocenters. The highest BCUT2D eigenvalue weighted by atomic mass is 32.2. The van der Waals surface area contributed by atoms with E-state index < -0.39 is 5.18 Å². The molecular formula is C35H20N2OS3+2. The smallest absolute Gasteiger partial charge is 0.368 e. The summed E-state index contributed by atoms with van der Waals surface area (Å²) < 4.78 is 14.9. The Morgan fingerprint density at radius 3 is 1.73 bits per heavy atom. The van der Waals surface area contributed by atoms with Crippen molar-refractivity contribution in [1.29, 1.82) is 0 Å². The summed E-state index contributed by atoms with van der Waals surface area (Å²) in [6, 6.07) is 43.8. The topological polar surface area (TPSA) is 17.0 Å². The average molecular weight is 581 g/mol. The van der Waals surface area contributed by atoms with Gasteiger partial charge >= 0.3 is 5.18 Å². The highest BCUT2D eigenvalue weighted by Crippen LogP contribution is 2.54. The average Bonchev–Trinajstić information content (AvgIpc) is 3.61. The van der Waals surface area contributed by atoms with Gasteiger partial charge in [-0.2, -0.15) is 0 Å². The van der Waals surface area contributed by atoms with Crippen molar-refractivity contribution in [2.75, 3.05) is 0 Å². The third-order valence-electron chi connectivity index (χ3n) is 8.29. The Morgan fingerprint density at radius 1 is 0.512 bits per heavy atom. The molecule has 41 heavy (non-hydrogen) atoms. The van der Waals surface area contributed by atoms with Crippen molar-refractivity contribution >= 4 is 76.4 Å². The van der Waals surface area contributed by atoms with Gasteiger partial charge in [0.2, 0.25) is 11.0 Å². The van der Waals surface area contributed by atoms with E-state index in [-0.39, 0.29) is 0 Å². The molecule has 0 radical (unpaired) electrons. The maximum Gasteiger partial charge on any atom is 0.587 e. The Bertz CT molecular complexity index is 2230. The number of aromatic nitrogens is 2. The third kappa shape index (κ3) is 2.84. The first-order chi connectivity index (χ1) is 20.3. The van der Waals surface area contributed by atoms with E-state index >= 15 is 0 Å². The lowest BCUT2D eigenvalue weighted by atomic mass is 10.0. The van der Waals surface area contributed by atoms with Crippen molar-refractivity contribution in [1.82, 2.24) is 0 Å². The first-order valence-electron chi connectivity index (χ1n) is 13.6. The van der Waals surface area contributed by atoms with Gasteiger partial charge < -0.3 is 4.74 Å². The minimum absolute atomic E-state index is 0.880. The number of hydrogen-bond donors (Lipinski definition) is 0. The standard InChI is InChI=1S/C35H20N2OS3/c1-3-11-23-21(9-1)17-19-27-31(23)33-36(25-13-5-7-15-28(25)39-33)35(38-27)37-26-14-6-8-16-29(26)40-34(37)32-24-12-4-2-10-22(24)18-20-30(32)41-35/h1-20H/q+2. The molecule has 0 saturated heterocycles. The molecule has 0 saturated carbocycles. The third-order valence-corrected chi connectivity index (χ3v) is 11.9. The van der Waals surface area contributed by atoms with Gasteiger partial charge in [-0.25, -0.2) is 0 Å². The fourth-order valence-electron chi connectivity index (χ4n) is 6.57. The minimum Gasteiger partial charge on any atom is -0.368 e. The Labute approximate surface area is 247 Å². The summed E-state index contributed by atoms with van der Waals surface area (Å²) in [5, 5.41) is 6.52. The van der Waals surface area contributed by atoms with Crippen molar-refractivity contribution < 1.29 is 13.9 Å². The molecule has 0 N–H and O–H groups in total. The first kappa shape index (κ1) is 22.5. The molecule has 8 aromatic rings. The Morgan fingerprint density at radius 2 is 1.05 bits per heavy atom. The zero-order valence-electron chi connectivity index (χ0n) is 21.6. The Hall–Kier alpha value is -4.23. The molecule has 0 fully saturated rings. The Kier molecular flexibility index (Phi) is 4.35. The second kappa shape index (κ2) is 7.95. The van der Waals surface area contributed by atoms with Gasteiger partial charge in [-0.3, -0.25) is 0 Å². The van der Waals surface area contributed by atoms with Crippen LogP contribution in [0.15, 0.2) is 126 Å². The van der Waals surface area contributed by atoms with Crippen molar-refractivity contribution in [2.45, 2.75) is 10.1 Å². The van der Waals surface area contributed by atoms with E-state index in [1.54, 1.807) is 11.8 Å². The van der Waals surface area contributed by atoms with Gasteiger partial charge in [0.15, 0.2) is 5.75 Å². The van der Waals surface area contributed by atoms with Crippen molar-refractivity contribution in [3.8, 4) is 26.9 Å². The summed E-state index contributed by atoms with van der Waals surface area (Å²) in [7, 11) is 0. The van der Waals surface area contributed by atoms with Crippen LogP contribution in [0, 0.1) is 0 Å². The summed E-state index contributed by atoms with van der Waals surface area (Å²) in [5.41, 5.74) is 4.81. The summed E-state index contributed by atoms with van der Waals surface area (Å²) in [4.78, 5) is 1.23. The molecule has 10 rings (SSSR count). The number of fused-ring (bicyclic) bond motifs is 16. The van der Waals surface area contributed by atoms with E-state index in [4.69, 9.17) is 4.74 Å². The monoisotopic (exact) mass is 580 g/mol. The van der Waals surface area contributed by atoms with Gasteiger partial charge in [0.1, 0.15) is 15.0 Å². The normalized spacial score (nSPS) is 17.0.